The lowest BCUT2D eigenvalue weighted by molar-refractivity contribution is 0.223. The van der Waals surface area contributed by atoms with Crippen LogP contribution in [0, 0.1) is 12.7 Å². The van der Waals surface area contributed by atoms with Gasteiger partial charge < -0.3 is 15.4 Å². The van der Waals surface area contributed by atoms with Crippen molar-refractivity contribution < 1.29 is 17.5 Å². The second kappa shape index (κ2) is 12.1. The van der Waals surface area contributed by atoms with E-state index in [2.05, 4.69) is 15.6 Å². The molecule has 9 heteroatoms. The zero-order chi connectivity index (χ0) is 21.4. The second-order valence-corrected chi connectivity index (χ2v) is 8.82. The third-order valence-corrected chi connectivity index (χ3v) is 5.35. The van der Waals surface area contributed by atoms with Crippen LogP contribution in [0.25, 0.3) is 0 Å². The highest BCUT2D eigenvalue weighted by Gasteiger charge is 2.11. The zero-order valence-electron chi connectivity index (χ0n) is 17.6. The van der Waals surface area contributed by atoms with Gasteiger partial charge in [0.2, 0.25) is 0 Å². The monoisotopic (exact) mass is 549 g/mol. The van der Waals surface area contributed by atoms with Gasteiger partial charge in [0.1, 0.15) is 17.7 Å². The molecule has 2 aromatic carbocycles. The van der Waals surface area contributed by atoms with Crippen LogP contribution < -0.4 is 15.4 Å². The number of nitrogens with one attached hydrogen (secondary N) is 2. The molecule has 6 nitrogen and oxygen atoms in total. The molecule has 0 radical (unpaired) electrons. The Bertz CT molecular complexity index is 968. The summed E-state index contributed by atoms with van der Waals surface area (Å²) in [6.45, 7) is 7.20. The third kappa shape index (κ3) is 8.47. The molecule has 1 atom stereocenters. The standard InChI is InChI=1S/C21H28FN3O3S.HI/c1-5-23-21(24-13-16(3)28-19-8-6-7-18(22)12-19)25-14-17-9-10-20(15(2)11-17)29(4,26)27;/h6-12,16H,5,13-14H2,1-4H3,(H2,23,24,25);1H. The van der Waals surface area contributed by atoms with Gasteiger partial charge in [0.15, 0.2) is 15.8 Å². The number of ether oxygens (including phenoxy) is 1. The Hall–Kier alpha value is -1.88. The van der Waals surface area contributed by atoms with Crippen LogP contribution in [0.3, 0.4) is 0 Å². The molecule has 1 unspecified atom stereocenters. The van der Waals surface area contributed by atoms with Gasteiger partial charge >= 0.3 is 0 Å². The van der Waals surface area contributed by atoms with Crippen molar-refractivity contribution in [1.29, 1.82) is 0 Å². The molecule has 166 valence electrons. The van der Waals surface area contributed by atoms with Crippen LogP contribution >= 0.6 is 24.0 Å². The summed E-state index contributed by atoms with van der Waals surface area (Å²) in [5.74, 6) is 0.754. The van der Waals surface area contributed by atoms with Crippen molar-refractivity contribution in [2.45, 2.75) is 38.3 Å². The predicted octanol–water partition coefficient (Wildman–Crippen LogP) is 3.68. The van der Waals surface area contributed by atoms with Crippen LogP contribution in [0.4, 0.5) is 4.39 Å². The van der Waals surface area contributed by atoms with Crippen LogP contribution in [0.5, 0.6) is 5.75 Å². The number of aliphatic imine (C=N–C) groups is 1. The van der Waals surface area contributed by atoms with Crippen LogP contribution in [-0.2, 0) is 16.4 Å². The average molecular weight is 549 g/mol. The summed E-state index contributed by atoms with van der Waals surface area (Å²) in [6, 6.07) is 11.2. The lowest BCUT2D eigenvalue weighted by Crippen LogP contribution is -2.41. The molecule has 30 heavy (non-hydrogen) atoms. The first-order valence-corrected chi connectivity index (χ1v) is 11.3. The number of aryl methyl sites for hydroxylation is 1. The van der Waals surface area contributed by atoms with E-state index >= 15 is 0 Å². The Balaban J connectivity index is 0.00000450. The second-order valence-electron chi connectivity index (χ2n) is 6.83. The van der Waals surface area contributed by atoms with E-state index in [0.29, 0.717) is 41.8 Å². The number of rotatable bonds is 8. The van der Waals surface area contributed by atoms with Gasteiger partial charge in [0, 0.05) is 18.9 Å². The number of benzene rings is 2. The van der Waals surface area contributed by atoms with Crippen molar-refractivity contribution in [3.63, 3.8) is 0 Å². The molecule has 2 rings (SSSR count). The topological polar surface area (TPSA) is 79.8 Å². The van der Waals surface area contributed by atoms with Gasteiger partial charge in [-0.15, -0.1) is 24.0 Å². The minimum absolute atomic E-state index is 0. The fourth-order valence-electron chi connectivity index (χ4n) is 2.79. The number of nitrogens with zero attached hydrogens (tertiary/aromatic N) is 1. The van der Waals surface area contributed by atoms with Gasteiger partial charge in [-0.1, -0.05) is 18.2 Å². The Morgan fingerprint density at radius 2 is 1.93 bits per heavy atom. The summed E-state index contributed by atoms with van der Waals surface area (Å²) >= 11 is 0. The summed E-state index contributed by atoms with van der Waals surface area (Å²) in [7, 11) is -3.23. The number of hydrogen-bond donors (Lipinski definition) is 2. The van der Waals surface area contributed by atoms with E-state index in [0.717, 1.165) is 5.56 Å². The molecule has 0 saturated carbocycles. The van der Waals surface area contributed by atoms with Crippen LogP contribution in [-0.4, -0.2) is 39.8 Å². The molecule has 0 saturated heterocycles. The summed E-state index contributed by atoms with van der Waals surface area (Å²) in [5.41, 5.74) is 1.62. The molecule has 0 aliphatic rings. The van der Waals surface area contributed by atoms with E-state index in [1.807, 2.05) is 19.9 Å². The third-order valence-electron chi connectivity index (χ3n) is 4.09. The highest BCUT2D eigenvalue weighted by Crippen LogP contribution is 2.17. The molecule has 0 aliphatic heterocycles. The number of hydrogen-bond acceptors (Lipinski definition) is 4. The normalized spacial score (nSPS) is 12.6. The molecule has 2 N–H and O–H groups in total. The molecule has 0 bridgehead atoms. The maximum Gasteiger partial charge on any atom is 0.191 e. The SMILES string of the molecule is CCNC(=NCc1ccc(S(C)(=O)=O)c(C)c1)NCC(C)Oc1cccc(F)c1.I. The number of guanidine groups is 1. The van der Waals surface area contributed by atoms with E-state index in [4.69, 9.17) is 4.74 Å². The first-order chi connectivity index (χ1) is 13.7. The van der Waals surface area contributed by atoms with Crippen molar-refractivity contribution in [3.8, 4) is 5.75 Å². The van der Waals surface area contributed by atoms with Crippen LogP contribution in [0.1, 0.15) is 25.0 Å². The molecule has 0 aliphatic carbocycles. The minimum Gasteiger partial charge on any atom is -0.489 e. The summed E-state index contributed by atoms with van der Waals surface area (Å²) in [6.07, 6.45) is 1.00. The first kappa shape index (κ1) is 26.2. The highest BCUT2D eigenvalue weighted by atomic mass is 127. The molecule has 0 heterocycles. The number of sulfone groups is 1. The van der Waals surface area contributed by atoms with E-state index in [-0.39, 0.29) is 35.9 Å². The van der Waals surface area contributed by atoms with Crippen LogP contribution in [0.2, 0.25) is 0 Å². The van der Waals surface area contributed by atoms with E-state index in [1.54, 1.807) is 31.2 Å². The lowest BCUT2D eigenvalue weighted by atomic mass is 10.1. The van der Waals surface area contributed by atoms with Gasteiger partial charge in [0.05, 0.1) is 18.0 Å². The zero-order valence-corrected chi connectivity index (χ0v) is 20.8. The van der Waals surface area contributed by atoms with Gasteiger partial charge in [-0.3, -0.25) is 0 Å². The molecular weight excluding hydrogens is 520 g/mol. The van der Waals surface area contributed by atoms with Gasteiger partial charge in [0.25, 0.3) is 0 Å². The summed E-state index contributed by atoms with van der Waals surface area (Å²) < 4.78 is 42.4. The van der Waals surface area contributed by atoms with Gasteiger partial charge in [-0.25, -0.2) is 17.8 Å². The van der Waals surface area contributed by atoms with Crippen molar-refractivity contribution >= 4 is 39.8 Å². The maximum atomic E-state index is 13.3. The first-order valence-electron chi connectivity index (χ1n) is 9.43. The molecule has 0 spiro atoms. The van der Waals surface area contributed by atoms with Crippen LogP contribution in [0.15, 0.2) is 52.4 Å². The number of halogens is 2. The maximum absolute atomic E-state index is 13.3. The quantitative estimate of drug-likeness (QED) is 0.299. The molecular formula is C21H29FIN3O3S. The van der Waals surface area contributed by atoms with Crippen molar-refractivity contribution in [3.05, 3.63) is 59.4 Å². The Morgan fingerprint density at radius 1 is 1.20 bits per heavy atom. The van der Waals surface area contributed by atoms with Gasteiger partial charge in [-0.05, 0) is 50.1 Å². The van der Waals surface area contributed by atoms with E-state index in [1.165, 1.54) is 18.4 Å². The highest BCUT2D eigenvalue weighted by molar-refractivity contribution is 14.0. The molecule has 0 fully saturated rings. The Morgan fingerprint density at radius 3 is 2.53 bits per heavy atom. The van der Waals surface area contributed by atoms with Gasteiger partial charge in [-0.2, -0.15) is 0 Å². The van der Waals surface area contributed by atoms with Crippen molar-refractivity contribution in [2.75, 3.05) is 19.3 Å². The van der Waals surface area contributed by atoms with E-state index < -0.39 is 9.84 Å². The molecule has 0 aromatic heterocycles. The van der Waals surface area contributed by atoms with Crippen molar-refractivity contribution in [2.24, 2.45) is 4.99 Å². The average Bonchev–Trinajstić information content (AvgIpc) is 2.63. The largest absolute Gasteiger partial charge is 0.489 e. The molecule has 2 aromatic rings. The van der Waals surface area contributed by atoms with Crippen molar-refractivity contribution in [1.82, 2.24) is 10.6 Å². The predicted molar refractivity (Wildman–Crippen MR) is 129 cm³/mol. The van der Waals surface area contributed by atoms with E-state index in [9.17, 15) is 12.8 Å². The Kier molecular flexibility index (Phi) is 10.5. The molecule has 0 amide bonds. The summed E-state index contributed by atoms with van der Waals surface area (Å²) in [4.78, 5) is 4.87. The fraction of sp³-hybridized carbons (Fsp3) is 0.381. The minimum atomic E-state index is -3.23. The smallest absolute Gasteiger partial charge is 0.191 e. The lowest BCUT2D eigenvalue weighted by Gasteiger charge is -2.17. The summed E-state index contributed by atoms with van der Waals surface area (Å²) in [5, 5.41) is 6.36. The Labute approximate surface area is 195 Å². The fourth-order valence-corrected chi connectivity index (χ4v) is 3.75.